The summed E-state index contributed by atoms with van der Waals surface area (Å²) in [7, 11) is 0. The highest BCUT2D eigenvalue weighted by molar-refractivity contribution is 5.81. The van der Waals surface area contributed by atoms with E-state index in [0.717, 1.165) is 10.1 Å². The molecule has 1 aromatic carbocycles. The number of amides is 1. The molecule has 2 heterocycles. The molecule has 3 aromatic rings. The summed E-state index contributed by atoms with van der Waals surface area (Å²) < 4.78 is 6.39. The van der Waals surface area contributed by atoms with Gasteiger partial charge in [0.05, 0.1) is 23.9 Å². The van der Waals surface area contributed by atoms with Crippen molar-refractivity contribution in [2.45, 2.75) is 19.5 Å². The van der Waals surface area contributed by atoms with E-state index in [1.807, 2.05) is 19.1 Å². The number of carbonyl (C=O) groups is 1. The molecule has 112 valence electrons. The maximum atomic E-state index is 12.3. The van der Waals surface area contributed by atoms with Crippen LogP contribution in [0.1, 0.15) is 18.7 Å². The van der Waals surface area contributed by atoms with Gasteiger partial charge in [0, 0.05) is 5.39 Å². The van der Waals surface area contributed by atoms with Crippen LogP contribution in [0, 0.1) is 0 Å². The maximum absolute atomic E-state index is 12.3. The Hall–Kier alpha value is -2.89. The average Bonchev–Trinajstić information content (AvgIpc) is 3.05. The third-order valence-corrected chi connectivity index (χ3v) is 3.40. The lowest BCUT2D eigenvalue weighted by atomic mass is 10.2. The SMILES string of the molecule is CC(NC(=O)Cn1ncc2ccccc2c1=O)c1ccco1. The van der Waals surface area contributed by atoms with E-state index in [-0.39, 0.29) is 24.1 Å². The lowest BCUT2D eigenvalue weighted by Crippen LogP contribution is -2.34. The van der Waals surface area contributed by atoms with Crippen LogP contribution in [0.5, 0.6) is 0 Å². The van der Waals surface area contributed by atoms with E-state index in [1.165, 1.54) is 0 Å². The summed E-state index contributed by atoms with van der Waals surface area (Å²) in [6, 6.07) is 10.4. The molecule has 0 saturated heterocycles. The first-order valence-electron chi connectivity index (χ1n) is 6.93. The monoisotopic (exact) mass is 297 g/mol. The van der Waals surface area contributed by atoms with Crippen molar-refractivity contribution in [3.05, 3.63) is 65.0 Å². The number of nitrogens with one attached hydrogen (secondary N) is 1. The van der Waals surface area contributed by atoms with Crippen LogP contribution in [0.25, 0.3) is 10.8 Å². The molecule has 1 N–H and O–H groups in total. The van der Waals surface area contributed by atoms with Crippen LogP contribution >= 0.6 is 0 Å². The Morgan fingerprint density at radius 3 is 2.91 bits per heavy atom. The van der Waals surface area contributed by atoms with Gasteiger partial charge in [0.15, 0.2) is 0 Å². The van der Waals surface area contributed by atoms with Gasteiger partial charge in [-0.15, -0.1) is 0 Å². The molecule has 0 spiro atoms. The molecule has 0 fully saturated rings. The van der Waals surface area contributed by atoms with Crippen molar-refractivity contribution in [2.24, 2.45) is 0 Å². The van der Waals surface area contributed by atoms with Gasteiger partial charge in [-0.1, -0.05) is 18.2 Å². The van der Waals surface area contributed by atoms with Crippen LogP contribution in [0.3, 0.4) is 0 Å². The van der Waals surface area contributed by atoms with Gasteiger partial charge in [-0.05, 0) is 25.1 Å². The summed E-state index contributed by atoms with van der Waals surface area (Å²) in [6.07, 6.45) is 3.13. The predicted molar refractivity (Wildman–Crippen MR) is 81.3 cm³/mol. The number of nitrogens with zero attached hydrogens (tertiary/aromatic N) is 2. The topological polar surface area (TPSA) is 77.1 Å². The van der Waals surface area contributed by atoms with Crippen molar-refractivity contribution < 1.29 is 9.21 Å². The number of benzene rings is 1. The third kappa shape index (κ3) is 2.76. The second kappa shape index (κ2) is 5.85. The van der Waals surface area contributed by atoms with Crippen molar-refractivity contribution >= 4 is 16.7 Å². The summed E-state index contributed by atoms with van der Waals surface area (Å²) in [5.41, 5.74) is -0.279. The Kier molecular flexibility index (Phi) is 3.74. The van der Waals surface area contributed by atoms with Gasteiger partial charge < -0.3 is 9.73 Å². The van der Waals surface area contributed by atoms with E-state index >= 15 is 0 Å². The second-order valence-corrected chi connectivity index (χ2v) is 5.00. The van der Waals surface area contributed by atoms with Crippen molar-refractivity contribution in [1.82, 2.24) is 15.1 Å². The van der Waals surface area contributed by atoms with Crippen LogP contribution in [-0.4, -0.2) is 15.7 Å². The van der Waals surface area contributed by atoms with Gasteiger partial charge in [0.25, 0.3) is 5.56 Å². The summed E-state index contributed by atoms with van der Waals surface area (Å²) in [4.78, 5) is 24.3. The Bertz CT molecular complexity index is 852. The molecule has 0 bridgehead atoms. The smallest absolute Gasteiger partial charge is 0.275 e. The van der Waals surface area contributed by atoms with Crippen molar-refractivity contribution in [3.8, 4) is 0 Å². The lowest BCUT2D eigenvalue weighted by molar-refractivity contribution is -0.122. The number of hydrogen-bond acceptors (Lipinski definition) is 4. The fourth-order valence-electron chi connectivity index (χ4n) is 2.27. The molecule has 0 aliphatic carbocycles. The van der Waals surface area contributed by atoms with Crippen molar-refractivity contribution in [1.29, 1.82) is 0 Å². The highest BCUT2D eigenvalue weighted by Gasteiger charge is 2.13. The largest absolute Gasteiger partial charge is 0.467 e. The molecule has 6 heteroatoms. The molecule has 6 nitrogen and oxygen atoms in total. The van der Waals surface area contributed by atoms with Gasteiger partial charge in [-0.3, -0.25) is 9.59 Å². The van der Waals surface area contributed by atoms with E-state index in [2.05, 4.69) is 10.4 Å². The standard InChI is InChI=1S/C16H15N3O3/c1-11(14-7-4-8-22-14)18-15(20)10-19-16(21)13-6-3-2-5-12(13)9-17-19/h2-9,11H,10H2,1H3,(H,18,20). The summed E-state index contributed by atoms with van der Waals surface area (Å²) in [5.74, 6) is 0.362. The summed E-state index contributed by atoms with van der Waals surface area (Å²) in [5, 5.41) is 8.11. The summed E-state index contributed by atoms with van der Waals surface area (Å²) >= 11 is 0. The normalized spacial score (nSPS) is 12.2. The molecule has 0 aliphatic heterocycles. The Morgan fingerprint density at radius 2 is 2.14 bits per heavy atom. The van der Waals surface area contributed by atoms with E-state index in [0.29, 0.717) is 11.1 Å². The second-order valence-electron chi connectivity index (χ2n) is 5.00. The Labute approximate surface area is 126 Å². The van der Waals surface area contributed by atoms with Crippen molar-refractivity contribution in [3.63, 3.8) is 0 Å². The minimum Gasteiger partial charge on any atom is -0.467 e. The van der Waals surface area contributed by atoms with Crippen LogP contribution in [0.15, 0.2) is 58.1 Å². The zero-order valence-corrected chi connectivity index (χ0v) is 12.0. The highest BCUT2D eigenvalue weighted by atomic mass is 16.3. The zero-order chi connectivity index (χ0) is 15.5. The van der Waals surface area contributed by atoms with E-state index < -0.39 is 0 Å². The molecule has 0 aliphatic rings. The van der Waals surface area contributed by atoms with Gasteiger partial charge in [0.2, 0.25) is 5.91 Å². The molecule has 2 aromatic heterocycles. The van der Waals surface area contributed by atoms with E-state index in [4.69, 9.17) is 4.42 Å². The third-order valence-electron chi connectivity index (χ3n) is 3.40. The fraction of sp³-hybridized carbons (Fsp3) is 0.188. The van der Waals surface area contributed by atoms with Crippen LogP contribution in [0.2, 0.25) is 0 Å². The highest BCUT2D eigenvalue weighted by Crippen LogP contribution is 2.12. The van der Waals surface area contributed by atoms with Gasteiger partial charge in [0.1, 0.15) is 12.3 Å². The molecule has 0 saturated carbocycles. The first-order valence-corrected chi connectivity index (χ1v) is 6.93. The molecular formula is C16H15N3O3. The predicted octanol–water partition coefficient (Wildman–Crippen LogP) is 1.87. The molecule has 1 unspecified atom stereocenters. The van der Waals surface area contributed by atoms with Crippen LogP contribution in [-0.2, 0) is 11.3 Å². The van der Waals surface area contributed by atoms with Crippen molar-refractivity contribution in [2.75, 3.05) is 0 Å². The van der Waals surface area contributed by atoms with Gasteiger partial charge in [-0.25, -0.2) is 4.68 Å². The molecule has 3 rings (SSSR count). The van der Waals surface area contributed by atoms with Crippen LogP contribution < -0.4 is 10.9 Å². The first kappa shape index (κ1) is 14.1. The van der Waals surface area contributed by atoms with Gasteiger partial charge in [-0.2, -0.15) is 5.10 Å². The zero-order valence-electron chi connectivity index (χ0n) is 12.0. The lowest BCUT2D eigenvalue weighted by Gasteiger charge is -2.12. The minimum atomic E-state index is -0.297. The number of furan rings is 1. The maximum Gasteiger partial charge on any atom is 0.275 e. The number of rotatable bonds is 4. The molecular weight excluding hydrogens is 282 g/mol. The molecule has 0 radical (unpaired) electrons. The number of aromatic nitrogens is 2. The Morgan fingerprint density at radius 1 is 1.32 bits per heavy atom. The molecule has 1 amide bonds. The fourth-order valence-corrected chi connectivity index (χ4v) is 2.27. The minimum absolute atomic E-state index is 0.130. The first-order chi connectivity index (χ1) is 10.6. The molecule has 1 atom stereocenters. The van der Waals surface area contributed by atoms with Crippen LogP contribution in [0.4, 0.5) is 0 Å². The molecule has 22 heavy (non-hydrogen) atoms. The summed E-state index contributed by atoms with van der Waals surface area (Å²) in [6.45, 7) is 1.68. The quantitative estimate of drug-likeness (QED) is 0.797. The van der Waals surface area contributed by atoms with E-state index in [9.17, 15) is 9.59 Å². The number of fused-ring (bicyclic) bond motifs is 1. The van der Waals surface area contributed by atoms with E-state index in [1.54, 1.807) is 36.7 Å². The average molecular weight is 297 g/mol. The number of hydrogen-bond donors (Lipinski definition) is 1. The van der Waals surface area contributed by atoms with Gasteiger partial charge >= 0.3 is 0 Å². The Balaban J connectivity index is 1.77. The number of carbonyl (C=O) groups excluding carboxylic acids is 1.